The van der Waals surface area contributed by atoms with Crippen LogP contribution in [0.25, 0.3) is 0 Å². The summed E-state index contributed by atoms with van der Waals surface area (Å²) in [7, 11) is 0. The van der Waals surface area contributed by atoms with E-state index in [0.717, 1.165) is 24.0 Å². The smallest absolute Gasteiger partial charge is 0.306 e. The van der Waals surface area contributed by atoms with Crippen LogP contribution in [0.15, 0.2) is 24.3 Å². The summed E-state index contributed by atoms with van der Waals surface area (Å²) in [5.74, 6) is 0.414. The standard InChI is InChI=1S/C18H23NO4/c20-17(13-3-5-14(6-4-13)18(21)22)19-15-7-9-16(10-8-15)23-11-12-1-2-12/h7-10,12-14H,1-6,11H2,(H,19,20)(H,21,22). The van der Waals surface area contributed by atoms with Crippen molar-refractivity contribution in [3.63, 3.8) is 0 Å². The molecule has 124 valence electrons. The number of hydrogen-bond donors (Lipinski definition) is 2. The van der Waals surface area contributed by atoms with Crippen LogP contribution in [-0.2, 0) is 9.59 Å². The molecule has 0 heterocycles. The highest BCUT2D eigenvalue weighted by Crippen LogP contribution is 2.31. The lowest BCUT2D eigenvalue weighted by atomic mass is 9.81. The molecule has 1 aromatic rings. The highest BCUT2D eigenvalue weighted by Gasteiger charge is 2.29. The van der Waals surface area contributed by atoms with E-state index in [1.807, 2.05) is 24.3 Å². The van der Waals surface area contributed by atoms with E-state index >= 15 is 0 Å². The van der Waals surface area contributed by atoms with Crippen LogP contribution in [0.5, 0.6) is 5.75 Å². The highest BCUT2D eigenvalue weighted by atomic mass is 16.5. The Labute approximate surface area is 136 Å². The molecule has 0 spiro atoms. The van der Waals surface area contributed by atoms with E-state index in [2.05, 4.69) is 5.32 Å². The maximum absolute atomic E-state index is 12.3. The summed E-state index contributed by atoms with van der Waals surface area (Å²) in [6.45, 7) is 0.776. The van der Waals surface area contributed by atoms with Gasteiger partial charge in [0.1, 0.15) is 5.75 Å². The Morgan fingerprint density at radius 1 is 1.00 bits per heavy atom. The van der Waals surface area contributed by atoms with Crippen LogP contribution in [0.4, 0.5) is 5.69 Å². The fraction of sp³-hybridized carbons (Fsp3) is 0.556. The van der Waals surface area contributed by atoms with Crippen LogP contribution in [0.3, 0.4) is 0 Å². The molecule has 0 saturated heterocycles. The molecule has 5 heteroatoms. The van der Waals surface area contributed by atoms with Gasteiger partial charge < -0.3 is 15.2 Å². The molecule has 0 aromatic heterocycles. The van der Waals surface area contributed by atoms with Gasteiger partial charge >= 0.3 is 5.97 Å². The van der Waals surface area contributed by atoms with Gasteiger partial charge in [-0.1, -0.05) is 0 Å². The van der Waals surface area contributed by atoms with Crippen molar-refractivity contribution in [2.24, 2.45) is 17.8 Å². The minimum absolute atomic E-state index is 0.0134. The molecule has 0 unspecified atom stereocenters. The number of rotatable bonds is 6. The summed E-state index contributed by atoms with van der Waals surface area (Å²) in [5.41, 5.74) is 0.758. The zero-order valence-electron chi connectivity index (χ0n) is 13.2. The molecule has 0 radical (unpaired) electrons. The largest absolute Gasteiger partial charge is 0.493 e. The van der Waals surface area contributed by atoms with E-state index in [1.165, 1.54) is 12.8 Å². The predicted molar refractivity (Wildman–Crippen MR) is 86.4 cm³/mol. The number of ether oxygens (including phenoxy) is 1. The van der Waals surface area contributed by atoms with E-state index in [0.29, 0.717) is 25.7 Å². The van der Waals surface area contributed by atoms with E-state index in [1.54, 1.807) is 0 Å². The lowest BCUT2D eigenvalue weighted by Gasteiger charge is -2.25. The van der Waals surface area contributed by atoms with Gasteiger partial charge in [0.15, 0.2) is 0 Å². The molecule has 5 nitrogen and oxygen atoms in total. The molecular weight excluding hydrogens is 294 g/mol. The fourth-order valence-electron chi connectivity index (χ4n) is 2.98. The van der Waals surface area contributed by atoms with E-state index in [-0.39, 0.29) is 17.7 Å². The van der Waals surface area contributed by atoms with Gasteiger partial charge in [-0.25, -0.2) is 0 Å². The first-order chi connectivity index (χ1) is 11.1. The van der Waals surface area contributed by atoms with Gasteiger partial charge in [-0.2, -0.15) is 0 Å². The second-order valence-electron chi connectivity index (χ2n) is 6.65. The Morgan fingerprint density at radius 2 is 1.61 bits per heavy atom. The fourth-order valence-corrected chi connectivity index (χ4v) is 2.98. The topological polar surface area (TPSA) is 75.6 Å². The molecular formula is C18H23NO4. The molecule has 2 aliphatic carbocycles. The van der Waals surface area contributed by atoms with E-state index in [4.69, 9.17) is 9.84 Å². The molecule has 2 aliphatic rings. The van der Waals surface area contributed by atoms with Crippen molar-refractivity contribution in [3.8, 4) is 5.75 Å². The maximum atomic E-state index is 12.3. The average molecular weight is 317 g/mol. The van der Waals surface area contributed by atoms with Gasteiger partial charge in [0.05, 0.1) is 12.5 Å². The monoisotopic (exact) mass is 317 g/mol. The van der Waals surface area contributed by atoms with Crippen molar-refractivity contribution in [3.05, 3.63) is 24.3 Å². The van der Waals surface area contributed by atoms with Gasteiger partial charge in [0.25, 0.3) is 0 Å². The Balaban J connectivity index is 1.46. The third-order valence-corrected chi connectivity index (χ3v) is 4.75. The van der Waals surface area contributed by atoms with Gasteiger partial charge in [-0.15, -0.1) is 0 Å². The lowest BCUT2D eigenvalue weighted by Crippen LogP contribution is -2.29. The SMILES string of the molecule is O=C(O)C1CCC(C(=O)Nc2ccc(OCC3CC3)cc2)CC1. The van der Waals surface area contributed by atoms with Gasteiger partial charge in [0.2, 0.25) is 5.91 Å². The summed E-state index contributed by atoms with van der Waals surface area (Å²) in [6.07, 6.45) is 4.98. The minimum Gasteiger partial charge on any atom is -0.493 e. The molecule has 2 fully saturated rings. The number of benzene rings is 1. The Hall–Kier alpha value is -2.04. The van der Waals surface area contributed by atoms with Crippen molar-refractivity contribution < 1.29 is 19.4 Å². The molecule has 0 aliphatic heterocycles. The highest BCUT2D eigenvalue weighted by molar-refractivity contribution is 5.92. The summed E-state index contributed by atoms with van der Waals surface area (Å²) >= 11 is 0. The zero-order valence-corrected chi connectivity index (χ0v) is 13.2. The van der Waals surface area contributed by atoms with Gasteiger partial charge in [0, 0.05) is 11.6 Å². The van der Waals surface area contributed by atoms with E-state index in [9.17, 15) is 9.59 Å². The Morgan fingerprint density at radius 3 is 2.17 bits per heavy atom. The van der Waals surface area contributed by atoms with Crippen LogP contribution in [0.2, 0.25) is 0 Å². The third-order valence-electron chi connectivity index (χ3n) is 4.75. The number of anilines is 1. The molecule has 23 heavy (non-hydrogen) atoms. The second-order valence-corrected chi connectivity index (χ2v) is 6.65. The summed E-state index contributed by atoms with van der Waals surface area (Å²) in [6, 6.07) is 7.45. The summed E-state index contributed by atoms with van der Waals surface area (Å²) in [5, 5.41) is 11.9. The molecule has 0 atom stereocenters. The number of carboxylic acids is 1. The van der Waals surface area contributed by atoms with Crippen molar-refractivity contribution >= 4 is 17.6 Å². The van der Waals surface area contributed by atoms with Crippen LogP contribution >= 0.6 is 0 Å². The van der Waals surface area contributed by atoms with Crippen molar-refractivity contribution in [2.75, 3.05) is 11.9 Å². The minimum atomic E-state index is -0.745. The second kappa shape index (κ2) is 7.02. The molecule has 1 amide bonds. The molecule has 0 bridgehead atoms. The van der Waals surface area contributed by atoms with Crippen LogP contribution in [0.1, 0.15) is 38.5 Å². The molecule has 1 aromatic carbocycles. The van der Waals surface area contributed by atoms with Crippen LogP contribution in [0, 0.1) is 17.8 Å². The van der Waals surface area contributed by atoms with Gasteiger partial charge in [-0.3, -0.25) is 9.59 Å². The van der Waals surface area contributed by atoms with Gasteiger partial charge in [-0.05, 0) is 68.7 Å². The van der Waals surface area contributed by atoms with Crippen molar-refractivity contribution in [1.29, 1.82) is 0 Å². The number of carboxylic acid groups (broad SMARTS) is 1. The maximum Gasteiger partial charge on any atom is 0.306 e. The van der Waals surface area contributed by atoms with Crippen LogP contribution in [-0.4, -0.2) is 23.6 Å². The zero-order chi connectivity index (χ0) is 16.2. The number of carbonyl (C=O) groups is 2. The lowest BCUT2D eigenvalue weighted by molar-refractivity contribution is -0.143. The Kier molecular flexibility index (Phi) is 4.84. The van der Waals surface area contributed by atoms with E-state index < -0.39 is 5.97 Å². The first-order valence-electron chi connectivity index (χ1n) is 8.38. The number of nitrogens with one attached hydrogen (secondary N) is 1. The summed E-state index contributed by atoms with van der Waals surface area (Å²) in [4.78, 5) is 23.2. The Bertz CT molecular complexity index is 557. The summed E-state index contributed by atoms with van der Waals surface area (Å²) < 4.78 is 5.67. The third kappa shape index (κ3) is 4.47. The molecule has 2 N–H and O–H groups in total. The number of hydrogen-bond acceptors (Lipinski definition) is 3. The first kappa shape index (κ1) is 15.8. The number of carbonyl (C=O) groups excluding carboxylic acids is 1. The van der Waals surface area contributed by atoms with Crippen LogP contribution < -0.4 is 10.1 Å². The number of aliphatic carboxylic acids is 1. The predicted octanol–water partition coefficient (Wildman–Crippen LogP) is 3.30. The quantitative estimate of drug-likeness (QED) is 0.844. The average Bonchev–Trinajstić information content (AvgIpc) is 3.38. The molecule has 2 saturated carbocycles. The van der Waals surface area contributed by atoms with Crippen molar-refractivity contribution in [2.45, 2.75) is 38.5 Å². The van der Waals surface area contributed by atoms with Crippen molar-refractivity contribution in [1.82, 2.24) is 0 Å². The normalized spacial score (nSPS) is 24.0. The first-order valence-corrected chi connectivity index (χ1v) is 8.38. The molecule has 3 rings (SSSR count). The number of amides is 1.